The first-order valence-corrected chi connectivity index (χ1v) is 14.5. The maximum atomic E-state index is 12.7. The number of carbonyl (C=O) groups is 2. The van der Waals surface area contributed by atoms with Gasteiger partial charge in [-0.2, -0.15) is 8.42 Å². The van der Waals surface area contributed by atoms with Gasteiger partial charge < -0.3 is 19.0 Å². The average molecular weight is 552 g/mol. The SMILES string of the molecule is CC(C)(C)OC(=O)CC(CNC(=O)OCC1c2ccccc2-c2ccccc21)c1ccc(OS(C)(=O)=O)cc1. The number of benzene rings is 3. The highest BCUT2D eigenvalue weighted by Gasteiger charge is 2.29. The molecule has 0 saturated carbocycles. The van der Waals surface area contributed by atoms with Crippen LogP contribution in [-0.2, 0) is 24.4 Å². The van der Waals surface area contributed by atoms with Crippen LogP contribution in [0.25, 0.3) is 11.1 Å². The second-order valence-corrected chi connectivity index (χ2v) is 12.1. The molecule has 1 atom stereocenters. The van der Waals surface area contributed by atoms with E-state index in [0.717, 1.165) is 28.5 Å². The minimum Gasteiger partial charge on any atom is -0.460 e. The molecule has 1 aliphatic carbocycles. The molecule has 4 rings (SSSR count). The van der Waals surface area contributed by atoms with Crippen molar-refractivity contribution in [2.75, 3.05) is 19.4 Å². The van der Waals surface area contributed by atoms with E-state index in [1.54, 1.807) is 32.9 Å². The number of rotatable bonds is 9. The van der Waals surface area contributed by atoms with E-state index < -0.39 is 33.7 Å². The van der Waals surface area contributed by atoms with Gasteiger partial charge in [-0.15, -0.1) is 0 Å². The Balaban J connectivity index is 1.42. The molecule has 1 unspecified atom stereocenters. The molecule has 0 saturated heterocycles. The van der Waals surface area contributed by atoms with Crippen LogP contribution in [0.15, 0.2) is 72.8 Å². The number of carbonyl (C=O) groups excluding carboxylic acids is 2. The van der Waals surface area contributed by atoms with Gasteiger partial charge in [0, 0.05) is 18.4 Å². The van der Waals surface area contributed by atoms with Gasteiger partial charge in [0.15, 0.2) is 0 Å². The molecule has 3 aromatic carbocycles. The molecule has 0 radical (unpaired) electrons. The summed E-state index contributed by atoms with van der Waals surface area (Å²) in [4.78, 5) is 25.4. The number of nitrogens with one attached hydrogen (secondary N) is 1. The van der Waals surface area contributed by atoms with Gasteiger partial charge in [0.1, 0.15) is 18.0 Å². The molecule has 0 heterocycles. The van der Waals surface area contributed by atoms with Crippen molar-refractivity contribution in [3.63, 3.8) is 0 Å². The summed E-state index contributed by atoms with van der Waals surface area (Å²) in [5.41, 5.74) is 4.57. The van der Waals surface area contributed by atoms with Crippen LogP contribution in [0.2, 0.25) is 0 Å². The molecule has 1 aliphatic rings. The molecule has 206 valence electrons. The highest BCUT2D eigenvalue weighted by molar-refractivity contribution is 7.86. The Kier molecular flexibility index (Phi) is 8.30. The molecule has 39 heavy (non-hydrogen) atoms. The maximum Gasteiger partial charge on any atom is 0.407 e. The lowest BCUT2D eigenvalue weighted by Gasteiger charge is -2.23. The van der Waals surface area contributed by atoms with Gasteiger partial charge >= 0.3 is 22.2 Å². The first-order chi connectivity index (χ1) is 18.4. The lowest BCUT2D eigenvalue weighted by atomic mass is 9.95. The fourth-order valence-electron chi connectivity index (χ4n) is 4.72. The van der Waals surface area contributed by atoms with Crippen molar-refractivity contribution in [1.82, 2.24) is 5.32 Å². The third-order valence-electron chi connectivity index (χ3n) is 6.27. The molecule has 0 aromatic heterocycles. The number of hydrogen-bond donors (Lipinski definition) is 1. The van der Waals surface area contributed by atoms with Crippen LogP contribution in [0.3, 0.4) is 0 Å². The second-order valence-electron chi connectivity index (χ2n) is 10.6. The van der Waals surface area contributed by atoms with E-state index in [1.165, 1.54) is 12.1 Å². The number of hydrogen-bond acceptors (Lipinski definition) is 7. The van der Waals surface area contributed by atoms with Gasteiger partial charge in [-0.3, -0.25) is 4.79 Å². The third kappa shape index (κ3) is 7.60. The summed E-state index contributed by atoms with van der Waals surface area (Å²) in [5.74, 6) is -0.768. The van der Waals surface area contributed by atoms with E-state index in [4.69, 9.17) is 13.7 Å². The van der Waals surface area contributed by atoms with E-state index in [-0.39, 0.29) is 31.2 Å². The topological polar surface area (TPSA) is 108 Å². The summed E-state index contributed by atoms with van der Waals surface area (Å²) >= 11 is 0. The summed E-state index contributed by atoms with van der Waals surface area (Å²) in [5, 5.41) is 2.78. The molecule has 8 nitrogen and oxygen atoms in total. The van der Waals surface area contributed by atoms with E-state index in [1.807, 2.05) is 24.3 Å². The molecule has 0 bridgehead atoms. The normalized spacial score (nSPS) is 13.6. The highest BCUT2D eigenvalue weighted by atomic mass is 32.2. The van der Waals surface area contributed by atoms with Gasteiger partial charge in [0.05, 0.1) is 12.7 Å². The number of alkyl carbamates (subject to hydrolysis) is 1. The molecule has 1 amide bonds. The first-order valence-electron chi connectivity index (χ1n) is 12.7. The molecule has 0 fully saturated rings. The Morgan fingerprint density at radius 2 is 1.46 bits per heavy atom. The van der Waals surface area contributed by atoms with Crippen molar-refractivity contribution in [2.24, 2.45) is 0 Å². The molecule has 0 spiro atoms. The number of ether oxygens (including phenoxy) is 2. The lowest BCUT2D eigenvalue weighted by Crippen LogP contribution is -2.32. The Hall–Kier alpha value is -3.85. The summed E-state index contributed by atoms with van der Waals surface area (Å²) in [6.45, 7) is 5.64. The Morgan fingerprint density at radius 3 is 2.00 bits per heavy atom. The first kappa shape index (κ1) is 28.2. The molecule has 0 aliphatic heterocycles. The predicted octanol–water partition coefficient (Wildman–Crippen LogP) is 5.38. The monoisotopic (exact) mass is 551 g/mol. The smallest absolute Gasteiger partial charge is 0.407 e. The third-order valence-corrected chi connectivity index (χ3v) is 6.76. The quantitative estimate of drug-likeness (QED) is 0.281. The molecule has 9 heteroatoms. The fraction of sp³-hybridized carbons (Fsp3) is 0.333. The zero-order valence-electron chi connectivity index (χ0n) is 22.5. The number of amides is 1. The van der Waals surface area contributed by atoms with Gasteiger partial charge in [0.2, 0.25) is 0 Å². The van der Waals surface area contributed by atoms with Crippen molar-refractivity contribution in [3.05, 3.63) is 89.5 Å². The lowest BCUT2D eigenvalue weighted by molar-refractivity contribution is -0.155. The Bertz CT molecular complexity index is 1400. The summed E-state index contributed by atoms with van der Waals surface area (Å²) < 4.78 is 38.9. The van der Waals surface area contributed by atoms with Crippen molar-refractivity contribution >= 4 is 22.2 Å². The van der Waals surface area contributed by atoms with Crippen LogP contribution in [0, 0.1) is 0 Å². The van der Waals surface area contributed by atoms with Gasteiger partial charge in [-0.25, -0.2) is 4.79 Å². The van der Waals surface area contributed by atoms with Crippen LogP contribution < -0.4 is 9.50 Å². The predicted molar refractivity (Wildman–Crippen MR) is 148 cm³/mol. The zero-order valence-corrected chi connectivity index (χ0v) is 23.3. The van der Waals surface area contributed by atoms with Crippen molar-refractivity contribution in [2.45, 2.75) is 44.6 Å². The summed E-state index contributed by atoms with van der Waals surface area (Å²) in [6.07, 6.45) is 0.376. The highest BCUT2D eigenvalue weighted by Crippen LogP contribution is 2.44. The van der Waals surface area contributed by atoms with E-state index >= 15 is 0 Å². The summed E-state index contributed by atoms with van der Waals surface area (Å²) in [6, 6.07) is 22.5. The molecular weight excluding hydrogens is 518 g/mol. The van der Waals surface area contributed by atoms with Crippen molar-refractivity contribution in [3.8, 4) is 16.9 Å². The standard InChI is InChI=1S/C30H33NO7S/c1-30(2,3)37-28(32)17-21(20-13-15-22(16-14-20)38-39(4,34)35)18-31-29(33)36-19-27-25-11-7-5-9-23(25)24-10-6-8-12-26(24)27/h5-16,21,27H,17-19H2,1-4H3,(H,31,33). The Morgan fingerprint density at radius 1 is 0.897 bits per heavy atom. The number of fused-ring (bicyclic) bond motifs is 3. The molecule has 1 N–H and O–H groups in total. The van der Waals surface area contributed by atoms with E-state index in [0.29, 0.717) is 5.56 Å². The maximum absolute atomic E-state index is 12.7. The van der Waals surface area contributed by atoms with E-state index in [9.17, 15) is 18.0 Å². The second kappa shape index (κ2) is 11.5. The van der Waals surface area contributed by atoms with Crippen molar-refractivity contribution in [1.29, 1.82) is 0 Å². The van der Waals surface area contributed by atoms with Crippen LogP contribution in [-0.4, -0.2) is 45.5 Å². The van der Waals surface area contributed by atoms with Crippen LogP contribution >= 0.6 is 0 Å². The minimum atomic E-state index is -3.67. The van der Waals surface area contributed by atoms with Crippen LogP contribution in [0.5, 0.6) is 5.75 Å². The van der Waals surface area contributed by atoms with Crippen molar-refractivity contribution < 1.29 is 31.7 Å². The summed E-state index contributed by atoms with van der Waals surface area (Å²) in [7, 11) is -3.67. The largest absolute Gasteiger partial charge is 0.460 e. The van der Waals surface area contributed by atoms with E-state index in [2.05, 4.69) is 29.6 Å². The van der Waals surface area contributed by atoms with Crippen LogP contribution in [0.4, 0.5) is 4.79 Å². The molecular formula is C30H33NO7S. The van der Waals surface area contributed by atoms with Gasteiger partial charge in [0.25, 0.3) is 0 Å². The fourth-order valence-corrected chi connectivity index (χ4v) is 5.18. The number of esters is 1. The van der Waals surface area contributed by atoms with Gasteiger partial charge in [-0.1, -0.05) is 60.7 Å². The average Bonchev–Trinajstić information content (AvgIpc) is 3.17. The zero-order chi connectivity index (χ0) is 28.2. The molecule has 3 aromatic rings. The Labute approximate surface area is 229 Å². The van der Waals surface area contributed by atoms with Gasteiger partial charge in [-0.05, 0) is 60.7 Å². The van der Waals surface area contributed by atoms with Crippen LogP contribution in [0.1, 0.15) is 55.7 Å². The minimum absolute atomic E-state index is 0.00715.